The van der Waals surface area contributed by atoms with Crippen LogP contribution in [0.25, 0.3) is 0 Å². The van der Waals surface area contributed by atoms with Crippen LogP contribution in [0, 0.1) is 5.92 Å². The van der Waals surface area contributed by atoms with Gasteiger partial charge in [-0.25, -0.2) is 0 Å². The van der Waals surface area contributed by atoms with Crippen LogP contribution in [0.15, 0.2) is 24.8 Å². The van der Waals surface area contributed by atoms with Gasteiger partial charge in [0.05, 0.1) is 0 Å². The number of rotatable bonds is 6. The Balaban J connectivity index is 0. The van der Waals surface area contributed by atoms with E-state index >= 15 is 0 Å². The van der Waals surface area contributed by atoms with Crippen molar-refractivity contribution in [2.24, 2.45) is 5.92 Å². The summed E-state index contributed by atoms with van der Waals surface area (Å²) in [4.78, 5) is 0. The van der Waals surface area contributed by atoms with Gasteiger partial charge in [0.15, 0.2) is 0 Å². The maximum absolute atomic E-state index is 3.60. The topological polar surface area (TPSA) is 0 Å². The smallest absolute Gasteiger partial charge is 0.0330 e. The third-order valence-electron chi connectivity index (χ3n) is 1.85. The largest absolute Gasteiger partial charge is 0.103 e. The Kier molecular flexibility index (Phi) is 17.0. The van der Waals surface area contributed by atoms with E-state index in [0.717, 1.165) is 12.3 Å². The molecule has 0 aliphatic carbocycles. The SMILES string of the molecule is C=CCC(C)C.CC=CCCCCC. The van der Waals surface area contributed by atoms with Gasteiger partial charge in [-0.05, 0) is 32.1 Å². The molecule has 0 N–H and O–H groups in total. The van der Waals surface area contributed by atoms with Crippen LogP contribution in [-0.4, -0.2) is 0 Å². The Morgan fingerprint density at radius 1 is 1.21 bits per heavy atom. The Hall–Kier alpha value is -0.520. The van der Waals surface area contributed by atoms with Crippen molar-refractivity contribution in [3.63, 3.8) is 0 Å². The van der Waals surface area contributed by atoms with Crippen LogP contribution in [0.4, 0.5) is 0 Å². The third-order valence-corrected chi connectivity index (χ3v) is 1.85. The average molecular weight is 196 g/mol. The van der Waals surface area contributed by atoms with Crippen molar-refractivity contribution in [2.45, 2.75) is 59.8 Å². The number of hydrogen-bond donors (Lipinski definition) is 0. The van der Waals surface area contributed by atoms with Gasteiger partial charge in [0.25, 0.3) is 0 Å². The quantitative estimate of drug-likeness (QED) is 0.396. The molecule has 0 heteroatoms. The van der Waals surface area contributed by atoms with Crippen molar-refractivity contribution < 1.29 is 0 Å². The van der Waals surface area contributed by atoms with E-state index in [1.54, 1.807) is 0 Å². The Morgan fingerprint density at radius 3 is 2.14 bits per heavy atom. The number of allylic oxidation sites excluding steroid dienone is 3. The minimum absolute atomic E-state index is 0.780. The molecule has 14 heavy (non-hydrogen) atoms. The fraction of sp³-hybridized carbons (Fsp3) is 0.714. The lowest BCUT2D eigenvalue weighted by Gasteiger charge is -1.92. The minimum atomic E-state index is 0.780. The zero-order valence-corrected chi connectivity index (χ0v) is 10.6. The first-order chi connectivity index (χ1) is 6.68. The van der Waals surface area contributed by atoms with Crippen LogP contribution < -0.4 is 0 Å². The molecule has 0 spiro atoms. The van der Waals surface area contributed by atoms with E-state index in [0.29, 0.717) is 0 Å². The molecule has 0 aromatic heterocycles. The van der Waals surface area contributed by atoms with Crippen LogP contribution in [0.1, 0.15) is 59.8 Å². The normalized spacial score (nSPS) is 10.1. The maximum Gasteiger partial charge on any atom is -0.0330 e. The highest BCUT2D eigenvalue weighted by atomic mass is 13.9. The first-order valence-corrected chi connectivity index (χ1v) is 5.91. The summed E-state index contributed by atoms with van der Waals surface area (Å²) in [7, 11) is 0. The second-order valence-electron chi connectivity index (χ2n) is 3.98. The molecule has 0 heterocycles. The van der Waals surface area contributed by atoms with E-state index in [9.17, 15) is 0 Å². The molecule has 0 nitrogen and oxygen atoms in total. The molecule has 0 rings (SSSR count). The molecular weight excluding hydrogens is 168 g/mol. The summed E-state index contributed by atoms with van der Waals surface area (Å²) in [5, 5.41) is 0. The second-order valence-corrected chi connectivity index (χ2v) is 3.98. The van der Waals surface area contributed by atoms with Gasteiger partial charge in [-0.1, -0.05) is 51.8 Å². The molecule has 0 saturated heterocycles. The Morgan fingerprint density at radius 2 is 1.86 bits per heavy atom. The van der Waals surface area contributed by atoms with Gasteiger partial charge in [0.1, 0.15) is 0 Å². The molecule has 0 aliphatic rings. The molecule has 0 atom stereocenters. The zero-order chi connectivity index (χ0) is 11.2. The summed E-state index contributed by atoms with van der Waals surface area (Å²) < 4.78 is 0. The van der Waals surface area contributed by atoms with Crippen LogP contribution in [0.2, 0.25) is 0 Å². The summed E-state index contributed by atoms with van der Waals surface area (Å²) in [6, 6.07) is 0. The van der Waals surface area contributed by atoms with Crippen LogP contribution in [0.5, 0.6) is 0 Å². The van der Waals surface area contributed by atoms with Crippen molar-refractivity contribution in [3.8, 4) is 0 Å². The molecule has 0 fully saturated rings. The summed E-state index contributed by atoms with van der Waals surface area (Å²) >= 11 is 0. The summed E-state index contributed by atoms with van der Waals surface area (Å²) in [5.41, 5.74) is 0. The van der Waals surface area contributed by atoms with Gasteiger partial charge in [-0.3, -0.25) is 0 Å². The lowest BCUT2D eigenvalue weighted by Crippen LogP contribution is -1.78. The van der Waals surface area contributed by atoms with Gasteiger partial charge >= 0.3 is 0 Å². The fourth-order valence-electron chi connectivity index (χ4n) is 1.01. The molecule has 0 saturated carbocycles. The van der Waals surface area contributed by atoms with Gasteiger partial charge in [0, 0.05) is 0 Å². The fourth-order valence-corrected chi connectivity index (χ4v) is 1.01. The predicted molar refractivity (Wildman–Crippen MR) is 68.6 cm³/mol. The summed E-state index contributed by atoms with van der Waals surface area (Å²) in [6.45, 7) is 12.3. The zero-order valence-electron chi connectivity index (χ0n) is 10.6. The molecule has 0 radical (unpaired) electrons. The Bertz CT molecular complexity index is 120. The lowest BCUT2D eigenvalue weighted by molar-refractivity contribution is 0.664. The lowest BCUT2D eigenvalue weighted by atomic mass is 10.1. The molecule has 0 unspecified atom stereocenters. The van der Waals surface area contributed by atoms with Gasteiger partial charge < -0.3 is 0 Å². The van der Waals surface area contributed by atoms with Gasteiger partial charge in [-0.2, -0.15) is 0 Å². The van der Waals surface area contributed by atoms with Crippen LogP contribution >= 0.6 is 0 Å². The highest BCUT2D eigenvalue weighted by Crippen LogP contribution is 1.98. The number of hydrogen-bond acceptors (Lipinski definition) is 0. The molecule has 0 bridgehead atoms. The molecule has 0 aliphatic heterocycles. The standard InChI is InChI=1S/C8H16.C6H12/c1-3-5-7-8-6-4-2;1-4-5-6(2)3/h3,5H,4,6-8H2,1-2H3;4,6H,1,5H2,2-3H3. The van der Waals surface area contributed by atoms with Crippen molar-refractivity contribution in [1.82, 2.24) is 0 Å². The number of unbranched alkanes of at least 4 members (excludes halogenated alkanes) is 3. The van der Waals surface area contributed by atoms with E-state index in [-0.39, 0.29) is 0 Å². The average Bonchev–Trinajstić information content (AvgIpc) is 2.13. The van der Waals surface area contributed by atoms with Crippen molar-refractivity contribution >= 4 is 0 Å². The highest BCUT2D eigenvalue weighted by Gasteiger charge is 1.82. The van der Waals surface area contributed by atoms with E-state index in [2.05, 4.69) is 46.4 Å². The Labute approximate surface area is 91.1 Å². The minimum Gasteiger partial charge on any atom is -0.103 e. The molecule has 0 amide bonds. The summed E-state index contributed by atoms with van der Waals surface area (Å²) in [5.74, 6) is 0.780. The van der Waals surface area contributed by atoms with Crippen LogP contribution in [-0.2, 0) is 0 Å². The monoisotopic (exact) mass is 196 g/mol. The van der Waals surface area contributed by atoms with Crippen molar-refractivity contribution in [1.29, 1.82) is 0 Å². The maximum atomic E-state index is 3.60. The predicted octanol–water partition coefficient (Wildman–Crippen LogP) is 5.36. The molecule has 0 aromatic rings. The summed E-state index contributed by atoms with van der Waals surface area (Å²) in [6.07, 6.45) is 12.8. The van der Waals surface area contributed by atoms with Gasteiger partial charge in [0.2, 0.25) is 0 Å². The molecule has 84 valence electrons. The molecule has 0 aromatic carbocycles. The third kappa shape index (κ3) is 22.5. The molecular formula is C14H28. The van der Waals surface area contributed by atoms with Crippen LogP contribution in [0.3, 0.4) is 0 Å². The second kappa shape index (κ2) is 15.0. The van der Waals surface area contributed by atoms with Crippen molar-refractivity contribution in [3.05, 3.63) is 24.8 Å². The van der Waals surface area contributed by atoms with Crippen molar-refractivity contribution in [2.75, 3.05) is 0 Å². The van der Waals surface area contributed by atoms with E-state index in [4.69, 9.17) is 0 Å². The van der Waals surface area contributed by atoms with Gasteiger partial charge in [-0.15, -0.1) is 6.58 Å². The first kappa shape index (κ1) is 15.9. The van der Waals surface area contributed by atoms with E-state index in [1.807, 2.05) is 6.08 Å². The highest BCUT2D eigenvalue weighted by molar-refractivity contribution is 4.75. The van der Waals surface area contributed by atoms with E-state index in [1.165, 1.54) is 25.7 Å². The van der Waals surface area contributed by atoms with E-state index < -0.39 is 0 Å². The first-order valence-electron chi connectivity index (χ1n) is 5.91.